The maximum absolute atomic E-state index is 12.7. The molecular formula is C16H19NO. The van der Waals surface area contributed by atoms with E-state index < -0.39 is 0 Å². The van der Waals surface area contributed by atoms with E-state index >= 15 is 0 Å². The van der Waals surface area contributed by atoms with Gasteiger partial charge in [0.25, 0.3) is 0 Å². The molecule has 1 fully saturated rings. The molecule has 2 nitrogen and oxygen atoms in total. The van der Waals surface area contributed by atoms with Gasteiger partial charge in [-0.25, -0.2) is 0 Å². The fraction of sp³-hybridized carbons (Fsp3) is 0.438. The number of carbonyl (C=O) groups is 1. The summed E-state index contributed by atoms with van der Waals surface area (Å²) in [7, 11) is 0. The van der Waals surface area contributed by atoms with Crippen molar-refractivity contribution in [3.63, 3.8) is 0 Å². The van der Waals surface area contributed by atoms with Gasteiger partial charge in [-0.2, -0.15) is 0 Å². The molecule has 3 unspecified atom stereocenters. The van der Waals surface area contributed by atoms with Crippen LogP contribution in [0.4, 0.5) is 5.69 Å². The molecule has 2 bridgehead atoms. The Morgan fingerprint density at radius 2 is 2.00 bits per heavy atom. The van der Waals surface area contributed by atoms with Gasteiger partial charge >= 0.3 is 0 Å². The minimum atomic E-state index is 0.208. The van der Waals surface area contributed by atoms with E-state index in [-0.39, 0.29) is 5.92 Å². The standard InChI is InChI=1S/C16H19NO/c1-2-17(14-6-4-3-5-7-14)16(18)15-11-12-8-9-13(15)10-12/h3-9,12-13,15H,2,10-11H2,1H3. The molecule has 0 heterocycles. The Hall–Kier alpha value is -1.57. The van der Waals surface area contributed by atoms with Crippen molar-refractivity contribution < 1.29 is 4.79 Å². The molecule has 0 saturated heterocycles. The van der Waals surface area contributed by atoms with E-state index in [9.17, 15) is 4.79 Å². The minimum absolute atomic E-state index is 0.208. The van der Waals surface area contributed by atoms with Crippen molar-refractivity contribution in [2.24, 2.45) is 17.8 Å². The predicted molar refractivity (Wildman–Crippen MR) is 73.3 cm³/mol. The molecule has 0 aromatic heterocycles. The quantitative estimate of drug-likeness (QED) is 0.744. The molecule has 3 atom stereocenters. The number of amides is 1. The zero-order valence-corrected chi connectivity index (χ0v) is 10.8. The molecule has 1 saturated carbocycles. The molecule has 0 N–H and O–H groups in total. The minimum Gasteiger partial charge on any atom is -0.312 e. The summed E-state index contributed by atoms with van der Waals surface area (Å²) >= 11 is 0. The van der Waals surface area contributed by atoms with Gasteiger partial charge in [0.05, 0.1) is 0 Å². The van der Waals surface area contributed by atoms with Gasteiger partial charge in [-0.3, -0.25) is 4.79 Å². The Labute approximate surface area is 108 Å². The molecule has 2 aliphatic carbocycles. The van der Waals surface area contributed by atoms with Crippen LogP contribution in [0, 0.1) is 17.8 Å². The highest BCUT2D eigenvalue weighted by Gasteiger charge is 2.41. The lowest BCUT2D eigenvalue weighted by Crippen LogP contribution is -2.37. The zero-order chi connectivity index (χ0) is 12.5. The lowest BCUT2D eigenvalue weighted by molar-refractivity contribution is -0.123. The van der Waals surface area contributed by atoms with Crippen molar-refractivity contribution in [2.75, 3.05) is 11.4 Å². The third-order valence-electron chi connectivity index (χ3n) is 4.25. The molecular weight excluding hydrogens is 222 g/mol. The highest BCUT2D eigenvalue weighted by molar-refractivity contribution is 5.95. The molecule has 1 aromatic carbocycles. The highest BCUT2D eigenvalue weighted by atomic mass is 16.2. The number of rotatable bonds is 3. The van der Waals surface area contributed by atoms with Gasteiger partial charge in [0.15, 0.2) is 0 Å². The molecule has 0 aliphatic heterocycles. The Morgan fingerprint density at radius 1 is 1.22 bits per heavy atom. The molecule has 2 heteroatoms. The first kappa shape index (κ1) is 11.5. The van der Waals surface area contributed by atoms with E-state index in [2.05, 4.69) is 12.2 Å². The highest BCUT2D eigenvalue weighted by Crippen LogP contribution is 2.44. The second-order valence-electron chi connectivity index (χ2n) is 5.30. The van der Waals surface area contributed by atoms with Crippen molar-refractivity contribution in [3.8, 4) is 0 Å². The summed E-state index contributed by atoms with van der Waals surface area (Å²) < 4.78 is 0. The monoisotopic (exact) mass is 241 g/mol. The van der Waals surface area contributed by atoms with E-state index in [0.717, 1.165) is 18.7 Å². The number of fused-ring (bicyclic) bond motifs is 2. The molecule has 3 rings (SSSR count). The van der Waals surface area contributed by atoms with E-state index in [1.54, 1.807) is 0 Å². The average Bonchev–Trinajstić information content (AvgIpc) is 3.03. The van der Waals surface area contributed by atoms with Gasteiger partial charge in [-0.1, -0.05) is 30.4 Å². The lowest BCUT2D eigenvalue weighted by Gasteiger charge is -2.27. The lowest BCUT2D eigenvalue weighted by atomic mass is 9.92. The third-order valence-corrected chi connectivity index (χ3v) is 4.25. The van der Waals surface area contributed by atoms with Crippen molar-refractivity contribution in [1.82, 2.24) is 0 Å². The summed E-state index contributed by atoms with van der Waals surface area (Å²) in [6.07, 6.45) is 6.76. The summed E-state index contributed by atoms with van der Waals surface area (Å²) in [5, 5.41) is 0. The largest absolute Gasteiger partial charge is 0.312 e. The van der Waals surface area contributed by atoms with Crippen LogP contribution in [0.5, 0.6) is 0 Å². The molecule has 0 radical (unpaired) electrons. The molecule has 0 spiro atoms. The van der Waals surface area contributed by atoms with Crippen LogP contribution in [0.25, 0.3) is 0 Å². The van der Waals surface area contributed by atoms with Crippen LogP contribution >= 0.6 is 0 Å². The average molecular weight is 241 g/mol. The number of carbonyl (C=O) groups excluding carboxylic acids is 1. The van der Waals surface area contributed by atoms with Gasteiger partial charge in [-0.15, -0.1) is 0 Å². The first-order valence-corrected chi connectivity index (χ1v) is 6.84. The number of benzene rings is 1. The van der Waals surface area contributed by atoms with Crippen molar-refractivity contribution in [1.29, 1.82) is 0 Å². The maximum atomic E-state index is 12.7. The number of para-hydroxylation sites is 1. The van der Waals surface area contributed by atoms with E-state index in [4.69, 9.17) is 0 Å². The SMILES string of the molecule is CCN(C(=O)C1CC2C=CC1C2)c1ccccc1. The first-order valence-electron chi connectivity index (χ1n) is 6.84. The van der Waals surface area contributed by atoms with Crippen LogP contribution in [-0.4, -0.2) is 12.5 Å². The Kier molecular flexibility index (Phi) is 2.94. The van der Waals surface area contributed by atoms with E-state index in [0.29, 0.717) is 17.7 Å². The number of nitrogens with zero attached hydrogens (tertiary/aromatic N) is 1. The summed E-state index contributed by atoms with van der Waals surface area (Å²) in [6, 6.07) is 10.0. The van der Waals surface area contributed by atoms with Gasteiger partial charge in [-0.05, 0) is 43.7 Å². The van der Waals surface area contributed by atoms with E-state index in [1.165, 1.54) is 6.42 Å². The summed E-state index contributed by atoms with van der Waals surface area (Å²) in [5.74, 6) is 1.65. The third kappa shape index (κ3) is 1.86. The van der Waals surface area contributed by atoms with Crippen molar-refractivity contribution >= 4 is 11.6 Å². The summed E-state index contributed by atoms with van der Waals surface area (Å²) in [6.45, 7) is 2.80. The van der Waals surface area contributed by atoms with Gasteiger partial charge in [0.1, 0.15) is 0 Å². The fourth-order valence-corrected chi connectivity index (χ4v) is 3.34. The zero-order valence-electron chi connectivity index (χ0n) is 10.8. The number of anilines is 1. The second-order valence-corrected chi connectivity index (χ2v) is 5.30. The molecule has 2 aliphatic rings. The first-order chi connectivity index (χ1) is 8.79. The molecule has 94 valence electrons. The van der Waals surface area contributed by atoms with Crippen LogP contribution in [0.3, 0.4) is 0 Å². The molecule has 18 heavy (non-hydrogen) atoms. The summed E-state index contributed by atoms with van der Waals surface area (Å²) in [5.41, 5.74) is 1.02. The fourth-order valence-electron chi connectivity index (χ4n) is 3.34. The van der Waals surface area contributed by atoms with Crippen LogP contribution in [-0.2, 0) is 4.79 Å². The van der Waals surface area contributed by atoms with Gasteiger partial charge < -0.3 is 4.90 Å². The topological polar surface area (TPSA) is 20.3 Å². The van der Waals surface area contributed by atoms with Crippen LogP contribution in [0.15, 0.2) is 42.5 Å². The maximum Gasteiger partial charge on any atom is 0.230 e. The van der Waals surface area contributed by atoms with Crippen LogP contribution < -0.4 is 4.90 Å². The van der Waals surface area contributed by atoms with Crippen LogP contribution in [0.1, 0.15) is 19.8 Å². The Morgan fingerprint density at radius 3 is 2.56 bits per heavy atom. The molecule has 1 aromatic rings. The Balaban J connectivity index is 1.80. The normalized spacial score (nSPS) is 28.6. The number of hydrogen-bond donors (Lipinski definition) is 0. The summed E-state index contributed by atoms with van der Waals surface area (Å²) in [4.78, 5) is 14.6. The van der Waals surface area contributed by atoms with Crippen LogP contribution in [0.2, 0.25) is 0 Å². The molecule has 1 amide bonds. The number of hydrogen-bond acceptors (Lipinski definition) is 1. The smallest absolute Gasteiger partial charge is 0.230 e. The van der Waals surface area contributed by atoms with E-state index in [1.807, 2.05) is 42.2 Å². The Bertz CT molecular complexity index is 465. The number of allylic oxidation sites excluding steroid dienone is 2. The van der Waals surface area contributed by atoms with Gasteiger partial charge in [0, 0.05) is 18.2 Å². The van der Waals surface area contributed by atoms with Crippen molar-refractivity contribution in [2.45, 2.75) is 19.8 Å². The predicted octanol–water partition coefficient (Wildman–Crippen LogP) is 3.25. The van der Waals surface area contributed by atoms with Crippen molar-refractivity contribution in [3.05, 3.63) is 42.5 Å². The van der Waals surface area contributed by atoms with Gasteiger partial charge in [0.2, 0.25) is 5.91 Å². The second kappa shape index (κ2) is 4.60.